The number of likely N-dealkylation sites (N-methyl/N-ethyl adjacent to an activating group) is 1. The van der Waals surface area contributed by atoms with Crippen LogP contribution in [0, 0.1) is 0 Å². The van der Waals surface area contributed by atoms with Crippen LogP contribution in [0.2, 0.25) is 0 Å². The standard InChI is InChI=1S/C18H23NO2/c1-14(2)15-4-8-17(9-5-15)21-18-10-6-16(7-11-18)19(3)12-13-20/h4-11,14,20H,12-13H2,1-3H3. The van der Waals surface area contributed by atoms with Crippen LogP contribution in [-0.2, 0) is 0 Å². The summed E-state index contributed by atoms with van der Waals surface area (Å²) in [5.41, 5.74) is 2.37. The van der Waals surface area contributed by atoms with Crippen molar-refractivity contribution >= 4 is 5.69 Å². The third-order valence-corrected chi connectivity index (χ3v) is 3.50. The number of hydrogen-bond acceptors (Lipinski definition) is 3. The third-order valence-electron chi connectivity index (χ3n) is 3.50. The van der Waals surface area contributed by atoms with Crippen LogP contribution in [-0.4, -0.2) is 25.3 Å². The van der Waals surface area contributed by atoms with Crippen molar-refractivity contribution in [1.82, 2.24) is 0 Å². The van der Waals surface area contributed by atoms with E-state index in [0.29, 0.717) is 12.5 Å². The van der Waals surface area contributed by atoms with E-state index in [1.165, 1.54) is 5.56 Å². The molecule has 21 heavy (non-hydrogen) atoms. The van der Waals surface area contributed by atoms with E-state index in [0.717, 1.165) is 17.2 Å². The van der Waals surface area contributed by atoms with Gasteiger partial charge in [-0.05, 0) is 47.9 Å². The van der Waals surface area contributed by atoms with E-state index in [1.807, 2.05) is 48.3 Å². The van der Waals surface area contributed by atoms with Crippen LogP contribution in [0.4, 0.5) is 5.69 Å². The number of ether oxygens (including phenoxy) is 1. The predicted molar refractivity (Wildman–Crippen MR) is 87.4 cm³/mol. The highest BCUT2D eigenvalue weighted by atomic mass is 16.5. The molecule has 0 aliphatic rings. The molecule has 0 saturated heterocycles. The lowest BCUT2D eigenvalue weighted by Gasteiger charge is -2.18. The molecule has 0 heterocycles. The van der Waals surface area contributed by atoms with Gasteiger partial charge in [0, 0.05) is 19.3 Å². The smallest absolute Gasteiger partial charge is 0.127 e. The molecule has 0 atom stereocenters. The molecule has 0 amide bonds. The molecule has 1 N–H and O–H groups in total. The van der Waals surface area contributed by atoms with Gasteiger partial charge in [-0.1, -0.05) is 26.0 Å². The van der Waals surface area contributed by atoms with Crippen molar-refractivity contribution in [3.8, 4) is 11.5 Å². The van der Waals surface area contributed by atoms with Crippen LogP contribution in [0.1, 0.15) is 25.3 Å². The molecule has 2 aromatic carbocycles. The fraction of sp³-hybridized carbons (Fsp3) is 0.333. The van der Waals surface area contributed by atoms with Gasteiger partial charge in [-0.3, -0.25) is 0 Å². The maximum Gasteiger partial charge on any atom is 0.127 e. The Kier molecular flexibility index (Phi) is 5.23. The van der Waals surface area contributed by atoms with Gasteiger partial charge in [0.25, 0.3) is 0 Å². The second kappa shape index (κ2) is 7.14. The lowest BCUT2D eigenvalue weighted by atomic mass is 10.0. The molecule has 0 unspecified atom stereocenters. The number of aliphatic hydroxyl groups excluding tert-OH is 1. The zero-order valence-corrected chi connectivity index (χ0v) is 12.9. The predicted octanol–water partition coefficient (Wildman–Crippen LogP) is 4.03. The topological polar surface area (TPSA) is 32.7 Å². The number of hydrogen-bond donors (Lipinski definition) is 1. The third kappa shape index (κ3) is 4.23. The second-order valence-electron chi connectivity index (χ2n) is 5.46. The minimum atomic E-state index is 0.150. The van der Waals surface area contributed by atoms with E-state index in [4.69, 9.17) is 9.84 Å². The first kappa shape index (κ1) is 15.4. The van der Waals surface area contributed by atoms with Crippen LogP contribution in [0.15, 0.2) is 48.5 Å². The highest BCUT2D eigenvalue weighted by Gasteiger charge is 2.03. The summed E-state index contributed by atoms with van der Waals surface area (Å²) in [6.07, 6.45) is 0. The molecule has 2 aromatic rings. The number of anilines is 1. The molecule has 0 bridgehead atoms. The van der Waals surface area contributed by atoms with Crippen LogP contribution in [0.3, 0.4) is 0 Å². The minimum absolute atomic E-state index is 0.150. The number of aliphatic hydroxyl groups is 1. The molecule has 0 fully saturated rings. The zero-order valence-electron chi connectivity index (χ0n) is 12.9. The Balaban J connectivity index is 2.02. The van der Waals surface area contributed by atoms with Crippen molar-refractivity contribution in [3.63, 3.8) is 0 Å². The summed E-state index contributed by atoms with van der Waals surface area (Å²) in [7, 11) is 1.96. The van der Waals surface area contributed by atoms with Crippen molar-refractivity contribution in [3.05, 3.63) is 54.1 Å². The Morgan fingerprint density at radius 1 is 0.952 bits per heavy atom. The summed E-state index contributed by atoms with van der Waals surface area (Å²) in [6, 6.07) is 16.1. The summed E-state index contributed by atoms with van der Waals surface area (Å²) in [6.45, 7) is 5.13. The van der Waals surface area contributed by atoms with E-state index in [1.54, 1.807) is 0 Å². The molecule has 3 nitrogen and oxygen atoms in total. The molecular weight excluding hydrogens is 262 g/mol. The quantitative estimate of drug-likeness (QED) is 0.869. The van der Waals surface area contributed by atoms with Crippen molar-refractivity contribution in [2.75, 3.05) is 25.1 Å². The molecule has 112 valence electrons. The number of benzene rings is 2. The Labute approximate surface area is 126 Å². The van der Waals surface area contributed by atoms with Crippen molar-refractivity contribution in [2.45, 2.75) is 19.8 Å². The first-order valence-electron chi connectivity index (χ1n) is 7.30. The summed E-state index contributed by atoms with van der Waals surface area (Å²) in [5, 5.41) is 8.94. The average molecular weight is 285 g/mol. The van der Waals surface area contributed by atoms with E-state index in [-0.39, 0.29) is 6.61 Å². The fourth-order valence-electron chi connectivity index (χ4n) is 2.10. The van der Waals surface area contributed by atoms with E-state index >= 15 is 0 Å². The van der Waals surface area contributed by atoms with Gasteiger partial charge in [0.15, 0.2) is 0 Å². The van der Waals surface area contributed by atoms with Gasteiger partial charge in [0.05, 0.1) is 6.61 Å². The first-order valence-corrected chi connectivity index (χ1v) is 7.30. The van der Waals surface area contributed by atoms with Gasteiger partial charge in [0.2, 0.25) is 0 Å². The zero-order chi connectivity index (χ0) is 15.2. The largest absolute Gasteiger partial charge is 0.457 e. The van der Waals surface area contributed by atoms with Crippen LogP contribution < -0.4 is 9.64 Å². The molecule has 2 rings (SSSR count). The molecule has 0 saturated carbocycles. The van der Waals surface area contributed by atoms with Gasteiger partial charge in [-0.25, -0.2) is 0 Å². The van der Waals surface area contributed by atoms with E-state index < -0.39 is 0 Å². The van der Waals surface area contributed by atoms with E-state index in [2.05, 4.69) is 26.0 Å². The van der Waals surface area contributed by atoms with Gasteiger partial charge < -0.3 is 14.7 Å². The summed E-state index contributed by atoms with van der Waals surface area (Å²) >= 11 is 0. The summed E-state index contributed by atoms with van der Waals surface area (Å²) < 4.78 is 5.84. The lowest BCUT2D eigenvalue weighted by Crippen LogP contribution is -2.20. The SMILES string of the molecule is CC(C)c1ccc(Oc2ccc(N(C)CCO)cc2)cc1. The fourth-order valence-corrected chi connectivity index (χ4v) is 2.10. The van der Waals surface area contributed by atoms with Gasteiger partial charge >= 0.3 is 0 Å². The first-order chi connectivity index (χ1) is 10.1. The molecule has 0 aliphatic carbocycles. The van der Waals surface area contributed by atoms with Gasteiger partial charge in [0.1, 0.15) is 11.5 Å². The van der Waals surface area contributed by atoms with Crippen LogP contribution in [0.5, 0.6) is 11.5 Å². The van der Waals surface area contributed by atoms with Gasteiger partial charge in [-0.15, -0.1) is 0 Å². The van der Waals surface area contributed by atoms with Crippen molar-refractivity contribution in [1.29, 1.82) is 0 Å². The maximum absolute atomic E-state index is 8.94. The minimum Gasteiger partial charge on any atom is -0.457 e. The second-order valence-corrected chi connectivity index (χ2v) is 5.46. The van der Waals surface area contributed by atoms with Crippen LogP contribution >= 0.6 is 0 Å². The Bertz CT molecular complexity index is 546. The molecule has 0 aliphatic heterocycles. The Hall–Kier alpha value is -2.00. The summed E-state index contributed by atoms with van der Waals surface area (Å²) in [4.78, 5) is 2.00. The highest BCUT2D eigenvalue weighted by Crippen LogP contribution is 2.25. The van der Waals surface area contributed by atoms with Crippen LogP contribution in [0.25, 0.3) is 0 Å². The highest BCUT2D eigenvalue weighted by molar-refractivity contribution is 5.49. The molecule has 0 radical (unpaired) electrons. The molecule has 0 spiro atoms. The van der Waals surface area contributed by atoms with E-state index in [9.17, 15) is 0 Å². The number of nitrogens with zero attached hydrogens (tertiary/aromatic N) is 1. The lowest BCUT2D eigenvalue weighted by molar-refractivity contribution is 0.304. The number of rotatable bonds is 6. The van der Waals surface area contributed by atoms with Gasteiger partial charge in [-0.2, -0.15) is 0 Å². The monoisotopic (exact) mass is 285 g/mol. The maximum atomic E-state index is 8.94. The molecular formula is C18H23NO2. The average Bonchev–Trinajstić information content (AvgIpc) is 2.49. The Morgan fingerprint density at radius 3 is 1.95 bits per heavy atom. The molecule has 3 heteroatoms. The van der Waals surface area contributed by atoms with Crippen molar-refractivity contribution in [2.24, 2.45) is 0 Å². The van der Waals surface area contributed by atoms with Crippen molar-refractivity contribution < 1.29 is 9.84 Å². The Morgan fingerprint density at radius 2 is 1.48 bits per heavy atom. The summed E-state index contributed by atoms with van der Waals surface area (Å²) in [5.74, 6) is 2.18. The molecule has 0 aromatic heterocycles. The normalized spacial score (nSPS) is 10.7.